The molecular weight excluding hydrogens is 234 g/mol. The van der Waals surface area contributed by atoms with Crippen LogP contribution in [0.15, 0.2) is 12.4 Å². The number of imidazole rings is 1. The van der Waals surface area contributed by atoms with Gasteiger partial charge in [-0.1, -0.05) is 26.7 Å². The van der Waals surface area contributed by atoms with E-state index >= 15 is 0 Å². The van der Waals surface area contributed by atoms with Gasteiger partial charge in [0.25, 0.3) is 0 Å². The van der Waals surface area contributed by atoms with Gasteiger partial charge in [0.15, 0.2) is 0 Å². The maximum atomic E-state index is 5.98. The summed E-state index contributed by atoms with van der Waals surface area (Å²) in [4.78, 5) is 4.57. The van der Waals surface area contributed by atoms with Crippen molar-refractivity contribution in [2.45, 2.75) is 58.9 Å². The van der Waals surface area contributed by atoms with Crippen molar-refractivity contribution < 1.29 is 0 Å². The molecule has 1 fully saturated rings. The molecular formula is C16H29N3. The predicted molar refractivity (Wildman–Crippen MR) is 79.9 cm³/mol. The second-order valence-corrected chi connectivity index (χ2v) is 6.08. The summed E-state index contributed by atoms with van der Waals surface area (Å²) in [6.07, 6.45) is 11.7. The molecule has 1 saturated carbocycles. The molecule has 3 nitrogen and oxygen atoms in total. The summed E-state index contributed by atoms with van der Waals surface area (Å²) in [5, 5.41) is 0. The molecule has 1 heterocycles. The van der Waals surface area contributed by atoms with Crippen LogP contribution in [0.4, 0.5) is 0 Å². The Balaban J connectivity index is 2.03. The van der Waals surface area contributed by atoms with E-state index in [4.69, 9.17) is 5.73 Å². The van der Waals surface area contributed by atoms with E-state index < -0.39 is 0 Å². The van der Waals surface area contributed by atoms with E-state index in [1.165, 1.54) is 37.9 Å². The van der Waals surface area contributed by atoms with E-state index in [0.717, 1.165) is 31.3 Å². The predicted octanol–water partition coefficient (Wildman–Crippen LogP) is 3.24. The van der Waals surface area contributed by atoms with E-state index in [1.54, 1.807) is 0 Å². The molecule has 3 heteroatoms. The molecule has 0 aromatic carbocycles. The fourth-order valence-corrected chi connectivity index (χ4v) is 3.56. The summed E-state index contributed by atoms with van der Waals surface area (Å²) in [6.45, 7) is 6.48. The van der Waals surface area contributed by atoms with Gasteiger partial charge in [-0.3, -0.25) is 0 Å². The Morgan fingerprint density at radius 2 is 2.16 bits per heavy atom. The number of aromatic nitrogens is 2. The van der Waals surface area contributed by atoms with Crippen LogP contribution in [0.5, 0.6) is 0 Å². The van der Waals surface area contributed by atoms with Gasteiger partial charge in [-0.15, -0.1) is 0 Å². The fourth-order valence-electron chi connectivity index (χ4n) is 3.56. The van der Waals surface area contributed by atoms with Crippen LogP contribution in [0.25, 0.3) is 0 Å². The van der Waals surface area contributed by atoms with E-state index in [0.29, 0.717) is 5.92 Å². The molecule has 3 unspecified atom stereocenters. The number of aryl methyl sites for hydroxylation is 1. The molecule has 3 atom stereocenters. The van der Waals surface area contributed by atoms with E-state index in [1.807, 2.05) is 6.20 Å². The molecule has 19 heavy (non-hydrogen) atoms. The summed E-state index contributed by atoms with van der Waals surface area (Å²) in [7, 11) is 0. The van der Waals surface area contributed by atoms with Gasteiger partial charge in [-0.25, -0.2) is 4.98 Å². The van der Waals surface area contributed by atoms with Crippen molar-refractivity contribution in [2.24, 2.45) is 23.5 Å². The third-order valence-corrected chi connectivity index (χ3v) is 4.84. The largest absolute Gasteiger partial charge is 0.335 e. The van der Waals surface area contributed by atoms with Gasteiger partial charge in [0, 0.05) is 25.4 Å². The number of rotatable bonds is 6. The van der Waals surface area contributed by atoms with Crippen molar-refractivity contribution in [3.05, 3.63) is 18.2 Å². The number of hydrogen-bond donors (Lipinski definition) is 1. The first-order chi connectivity index (χ1) is 9.28. The molecule has 0 radical (unpaired) electrons. The van der Waals surface area contributed by atoms with Crippen molar-refractivity contribution in [3.63, 3.8) is 0 Å². The minimum absolute atomic E-state index is 0.703. The van der Waals surface area contributed by atoms with Gasteiger partial charge in [-0.05, 0) is 43.6 Å². The first-order valence-corrected chi connectivity index (χ1v) is 7.98. The van der Waals surface area contributed by atoms with Crippen molar-refractivity contribution >= 4 is 0 Å². The van der Waals surface area contributed by atoms with Crippen LogP contribution >= 0.6 is 0 Å². The summed E-state index contributed by atoms with van der Waals surface area (Å²) in [5.74, 6) is 3.61. The first-order valence-electron chi connectivity index (χ1n) is 7.98. The second-order valence-electron chi connectivity index (χ2n) is 6.08. The average molecular weight is 263 g/mol. The van der Waals surface area contributed by atoms with Crippen LogP contribution in [0, 0.1) is 17.8 Å². The van der Waals surface area contributed by atoms with Crippen LogP contribution < -0.4 is 5.73 Å². The number of hydrogen-bond acceptors (Lipinski definition) is 2. The third kappa shape index (κ3) is 3.59. The highest BCUT2D eigenvalue weighted by atomic mass is 15.1. The lowest BCUT2D eigenvalue weighted by Crippen LogP contribution is -2.32. The first kappa shape index (κ1) is 14.6. The van der Waals surface area contributed by atoms with Crippen molar-refractivity contribution in [1.82, 2.24) is 9.55 Å². The summed E-state index contributed by atoms with van der Waals surface area (Å²) in [6, 6.07) is 0. The van der Waals surface area contributed by atoms with Gasteiger partial charge in [0.05, 0.1) is 0 Å². The topological polar surface area (TPSA) is 43.8 Å². The normalized spacial score (nSPS) is 27.6. The molecule has 2 N–H and O–H groups in total. The van der Waals surface area contributed by atoms with E-state index in [2.05, 4.69) is 29.6 Å². The fraction of sp³-hybridized carbons (Fsp3) is 0.812. The summed E-state index contributed by atoms with van der Waals surface area (Å²) >= 11 is 0. The van der Waals surface area contributed by atoms with Crippen LogP contribution in [0.1, 0.15) is 51.8 Å². The van der Waals surface area contributed by atoms with Crippen molar-refractivity contribution in [3.8, 4) is 0 Å². The Morgan fingerprint density at radius 3 is 2.84 bits per heavy atom. The van der Waals surface area contributed by atoms with Crippen LogP contribution in [-0.2, 0) is 13.0 Å². The smallest absolute Gasteiger partial charge is 0.108 e. The number of nitrogens with two attached hydrogens (primary N) is 1. The lowest BCUT2D eigenvalue weighted by molar-refractivity contribution is 0.176. The maximum Gasteiger partial charge on any atom is 0.108 e. The van der Waals surface area contributed by atoms with Crippen molar-refractivity contribution in [2.75, 3.05) is 6.54 Å². The quantitative estimate of drug-likeness (QED) is 0.856. The van der Waals surface area contributed by atoms with Crippen LogP contribution in [0.3, 0.4) is 0 Å². The summed E-state index contributed by atoms with van der Waals surface area (Å²) < 4.78 is 2.32. The Bertz CT molecular complexity index is 372. The second kappa shape index (κ2) is 7.09. The average Bonchev–Trinajstić information content (AvgIpc) is 2.86. The molecule has 0 aliphatic heterocycles. The molecule has 1 aromatic heterocycles. The van der Waals surface area contributed by atoms with Gasteiger partial charge in [0.1, 0.15) is 5.82 Å². The van der Waals surface area contributed by atoms with Gasteiger partial charge in [-0.2, -0.15) is 0 Å². The van der Waals surface area contributed by atoms with Gasteiger partial charge >= 0.3 is 0 Å². The molecule has 0 saturated heterocycles. The monoisotopic (exact) mass is 263 g/mol. The number of nitrogens with zero attached hydrogens (tertiary/aromatic N) is 2. The lowest BCUT2D eigenvalue weighted by Gasteiger charge is -2.35. The molecule has 0 bridgehead atoms. The van der Waals surface area contributed by atoms with Crippen molar-refractivity contribution in [1.29, 1.82) is 0 Å². The third-order valence-electron chi connectivity index (χ3n) is 4.84. The zero-order chi connectivity index (χ0) is 13.7. The van der Waals surface area contributed by atoms with Gasteiger partial charge in [0.2, 0.25) is 0 Å². The maximum absolute atomic E-state index is 5.98. The molecule has 1 aliphatic carbocycles. The SMILES string of the molecule is CCCn1ccnc1CC1CC(CC)CCC1CN. The standard InChI is InChI=1S/C16H29N3/c1-3-8-19-9-7-18-16(19)11-15-10-13(4-2)5-6-14(15)12-17/h7,9,13-15H,3-6,8,10-12,17H2,1-2H3. The molecule has 0 amide bonds. The van der Waals surface area contributed by atoms with Gasteiger partial charge < -0.3 is 10.3 Å². The molecule has 108 valence electrons. The van der Waals surface area contributed by atoms with Crippen LogP contribution in [0.2, 0.25) is 0 Å². The zero-order valence-corrected chi connectivity index (χ0v) is 12.5. The highest BCUT2D eigenvalue weighted by Gasteiger charge is 2.29. The Kier molecular flexibility index (Phi) is 5.44. The van der Waals surface area contributed by atoms with E-state index in [-0.39, 0.29) is 0 Å². The molecule has 1 aromatic rings. The molecule has 1 aliphatic rings. The highest BCUT2D eigenvalue weighted by molar-refractivity contribution is 4.96. The Hall–Kier alpha value is -0.830. The molecule has 0 spiro atoms. The van der Waals surface area contributed by atoms with E-state index in [9.17, 15) is 0 Å². The minimum Gasteiger partial charge on any atom is -0.335 e. The Morgan fingerprint density at radius 1 is 1.32 bits per heavy atom. The van der Waals surface area contributed by atoms with Crippen LogP contribution in [-0.4, -0.2) is 16.1 Å². The molecule has 2 rings (SSSR count). The lowest BCUT2D eigenvalue weighted by atomic mass is 9.72. The summed E-state index contributed by atoms with van der Waals surface area (Å²) in [5.41, 5.74) is 5.98. The minimum atomic E-state index is 0.703. The zero-order valence-electron chi connectivity index (χ0n) is 12.5. The Labute approximate surface area is 117 Å². The highest BCUT2D eigenvalue weighted by Crippen LogP contribution is 2.36.